The van der Waals surface area contributed by atoms with Crippen molar-refractivity contribution in [3.8, 4) is 11.5 Å². The van der Waals surface area contributed by atoms with E-state index in [4.69, 9.17) is 0 Å². The lowest BCUT2D eigenvalue weighted by Crippen LogP contribution is -2.10. The number of rotatable bonds is 9. The Morgan fingerprint density at radius 3 is 1.85 bits per heavy atom. The van der Waals surface area contributed by atoms with E-state index < -0.39 is 5.97 Å². The van der Waals surface area contributed by atoms with Gasteiger partial charge in [0.15, 0.2) is 0 Å². The van der Waals surface area contributed by atoms with Gasteiger partial charge >= 0.3 is 5.97 Å². The van der Waals surface area contributed by atoms with Crippen LogP contribution in [0.1, 0.15) is 80.9 Å². The van der Waals surface area contributed by atoms with Gasteiger partial charge in [-0.3, -0.25) is 0 Å². The second-order valence-electron chi connectivity index (χ2n) is 7.24. The lowest BCUT2D eigenvalue weighted by molar-refractivity contribution is 0.0692. The first kappa shape index (κ1) is 21.8. The highest BCUT2D eigenvalue weighted by molar-refractivity contribution is 5.94. The fourth-order valence-corrected chi connectivity index (χ4v) is 2.97. The molecule has 0 spiro atoms. The Bertz CT molecular complexity index is 704. The van der Waals surface area contributed by atoms with Gasteiger partial charge in [0.2, 0.25) is 0 Å². The van der Waals surface area contributed by atoms with Crippen LogP contribution in [-0.2, 0) is 19.3 Å². The quantitative estimate of drug-likeness (QED) is 0.399. The van der Waals surface area contributed by atoms with Gasteiger partial charge in [-0.2, -0.15) is 0 Å². The molecule has 3 N–H and O–H groups in total. The molecule has 0 saturated carbocycles. The number of unbranched alkanes of at least 4 members (excludes halogenated alkanes) is 2. The minimum Gasteiger partial charge on any atom is -0.507 e. The van der Waals surface area contributed by atoms with E-state index in [-0.39, 0.29) is 17.1 Å². The zero-order valence-electron chi connectivity index (χ0n) is 16.6. The standard InChI is InChI=1S/C22H32O4/c1-6-7-8-9-16-17(12-10-14(2)3)20(23)18(13-11-15(4)5)21(24)19(16)22(25)26/h10-11,23-24H,6-9,12-13H2,1-5H3,(H,25,26). The molecule has 26 heavy (non-hydrogen) atoms. The number of aromatic hydroxyl groups is 2. The molecule has 4 heteroatoms. The van der Waals surface area contributed by atoms with Crippen molar-refractivity contribution in [2.75, 3.05) is 0 Å². The number of phenolic OH excluding ortho intramolecular Hbond substituents is 1. The average Bonchev–Trinajstić information content (AvgIpc) is 2.53. The van der Waals surface area contributed by atoms with Crippen molar-refractivity contribution < 1.29 is 20.1 Å². The molecule has 0 heterocycles. The van der Waals surface area contributed by atoms with Crippen LogP contribution in [0.15, 0.2) is 23.3 Å². The first-order chi connectivity index (χ1) is 12.2. The lowest BCUT2D eigenvalue weighted by atomic mass is 9.88. The van der Waals surface area contributed by atoms with Crippen LogP contribution in [0.2, 0.25) is 0 Å². The number of phenols is 2. The van der Waals surface area contributed by atoms with Gasteiger partial charge < -0.3 is 15.3 Å². The van der Waals surface area contributed by atoms with Gasteiger partial charge in [0.25, 0.3) is 0 Å². The van der Waals surface area contributed by atoms with Crippen LogP contribution in [0.3, 0.4) is 0 Å². The number of benzene rings is 1. The molecule has 0 atom stereocenters. The lowest BCUT2D eigenvalue weighted by Gasteiger charge is -2.19. The third-order valence-electron chi connectivity index (χ3n) is 4.43. The summed E-state index contributed by atoms with van der Waals surface area (Å²) < 4.78 is 0. The third kappa shape index (κ3) is 5.65. The Balaban J connectivity index is 3.64. The summed E-state index contributed by atoms with van der Waals surface area (Å²) in [5, 5.41) is 31.2. The van der Waals surface area contributed by atoms with Crippen LogP contribution in [0.25, 0.3) is 0 Å². The molecule has 0 aliphatic heterocycles. The summed E-state index contributed by atoms with van der Waals surface area (Å²) in [6, 6.07) is 0. The van der Waals surface area contributed by atoms with Gasteiger partial charge in [0, 0.05) is 11.1 Å². The number of carbonyl (C=O) groups is 1. The van der Waals surface area contributed by atoms with E-state index in [1.54, 1.807) is 0 Å². The minimum absolute atomic E-state index is 0.0222. The number of aromatic carboxylic acids is 1. The van der Waals surface area contributed by atoms with Crippen LogP contribution >= 0.6 is 0 Å². The number of hydrogen-bond acceptors (Lipinski definition) is 3. The molecule has 0 unspecified atom stereocenters. The first-order valence-corrected chi connectivity index (χ1v) is 9.29. The molecule has 0 aromatic heterocycles. The van der Waals surface area contributed by atoms with Gasteiger partial charge in [0.1, 0.15) is 17.1 Å². The van der Waals surface area contributed by atoms with Crippen molar-refractivity contribution in [2.45, 2.75) is 73.1 Å². The summed E-state index contributed by atoms with van der Waals surface area (Å²) in [4.78, 5) is 11.9. The van der Waals surface area contributed by atoms with Gasteiger partial charge in [0.05, 0.1) is 0 Å². The summed E-state index contributed by atoms with van der Waals surface area (Å²) in [7, 11) is 0. The van der Waals surface area contributed by atoms with Crippen molar-refractivity contribution in [1.29, 1.82) is 0 Å². The zero-order chi connectivity index (χ0) is 19.9. The molecule has 1 aromatic rings. The fourth-order valence-electron chi connectivity index (χ4n) is 2.97. The van der Waals surface area contributed by atoms with E-state index in [0.29, 0.717) is 36.0 Å². The molecule has 0 bridgehead atoms. The summed E-state index contributed by atoms with van der Waals surface area (Å²) in [6.45, 7) is 9.87. The van der Waals surface area contributed by atoms with Crippen molar-refractivity contribution in [2.24, 2.45) is 0 Å². The molecule has 0 aliphatic carbocycles. The maximum atomic E-state index is 11.9. The number of carboxylic acid groups (broad SMARTS) is 1. The monoisotopic (exact) mass is 360 g/mol. The molecule has 0 amide bonds. The van der Waals surface area contributed by atoms with Crippen molar-refractivity contribution >= 4 is 5.97 Å². The van der Waals surface area contributed by atoms with E-state index in [1.165, 1.54) is 0 Å². The van der Waals surface area contributed by atoms with E-state index in [1.807, 2.05) is 39.8 Å². The smallest absolute Gasteiger partial charge is 0.339 e. The second-order valence-corrected chi connectivity index (χ2v) is 7.24. The zero-order valence-corrected chi connectivity index (χ0v) is 16.6. The number of hydrogen-bond donors (Lipinski definition) is 3. The largest absolute Gasteiger partial charge is 0.507 e. The van der Waals surface area contributed by atoms with Crippen LogP contribution < -0.4 is 0 Å². The third-order valence-corrected chi connectivity index (χ3v) is 4.43. The molecule has 4 nitrogen and oxygen atoms in total. The van der Waals surface area contributed by atoms with Crippen LogP contribution in [0, 0.1) is 0 Å². The highest BCUT2D eigenvalue weighted by Crippen LogP contribution is 2.40. The SMILES string of the molecule is CCCCCc1c(CC=C(C)C)c(O)c(CC=C(C)C)c(O)c1C(=O)O. The van der Waals surface area contributed by atoms with Crippen molar-refractivity contribution in [3.63, 3.8) is 0 Å². The highest BCUT2D eigenvalue weighted by atomic mass is 16.4. The molecule has 0 saturated heterocycles. The summed E-state index contributed by atoms with van der Waals surface area (Å²) in [6.07, 6.45) is 7.96. The Morgan fingerprint density at radius 1 is 0.846 bits per heavy atom. The summed E-state index contributed by atoms with van der Waals surface area (Å²) in [5.74, 6) is -1.43. The number of allylic oxidation sites excluding steroid dienone is 4. The van der Waals surface area contributed by atoms with Gasteiger partial charge in [-0.25, -0.2) is 4.79 Å². The van der Waals surface area contributed by atoms with E-state index >= 15 is 0 Å². The molecular weight excluding hydrogens is 328 g/mol. The van der Waals surface area contributed by atoms with Gasteiger partial charge in [-0.15, -0.1) is 0 Å². The van der Waals surface area contributed by atoms with Crippen molar-refractivity contribution in [1.82, 2.24) is 0 Å². The Labute approximate surface area is 156 Å². The molecule has 1 aromatic carbocycles. The minimum atomic E-state index is -1.15. The first-order valence-electron chi connectivity index (χ1n) is 9.29. The molecule has 144 valence electrons. The maximum absolute atomic E-state index is 11.9. The molecule has 0 aliphatic rings. The Morgan fingerprint density at radius 2 is 1.38 bits per heavy atom. The fraction of sp³-hybridized carbons (Fsp3) is 0.500. The van der Waals surface area contributed by atoms with Crippen LogP contribution in [-0.4, -0.2) is 21.3 Å². The van der Waals surface area contributed by atoms with Crippen LogP contribution in [0.5, 0.6) is 11.5 Å². The molecule has 1 rings (SSSR count). The summed E-state index contributed by atoms with van der Waals surface area (Å²) >= 11 is 0. The van der Waals surface area contributed by atoms with Gasteiger partial charge in [-0.05, 0) is 58.9 Å². The average molecular weight is 360 g/mol. The molecule has 0 radical (unpaired) electrons. The normalized spacial score (nSPS) is 10.5. The number of carboxylic acids is 1. The molecular formula is C22H32O4. The predicted octanol–water partition coefficient (Wildman–Crippen LogP) is 5.55. The molecule has 0 fully saturated rings. The van der Waals surface area contributed by atoms with E-state index in [9.17, 15) is 20.1 Å². The van der Waals surface area contributed by atoms with E-state index in [2.05, 4.69) is 6.92 Å². The Hall–Kier alpha value is -2.23. The van der Waals surface area contributed by atoms with Crippen molar-refractivity contribution in [3.05, 3.63) is 45.6 Å². The van der Waals surface area contributed by atoms with Crippen LogP contribution in [0.4, 0.5) is 0 Å². The summed E-state index contributed by atoms with van der Waals surface area (Å²) in [5.41, 5.74) is 3.54. The Kier molecular flexibility index (Phi) is 8.43. The highest BCUT2D eigenvalue weighted by Gasteiger charge is 2.26. The topological polar surface area (TPSA) is 77.8 Å². The van der Waals surface area contributed by atoms with E-state index in [0.717, 1.165) is 30.4 Å². The predicted molar refractivity (Wildman–Crippen MR) is 106 cm³/mol. The van der Waals surface area contributed by atoms with Gasteiger partial charge in [-0.1, -0.05) is 43.1 Å². The maximum Gasteiger partial charge on any atom is 0.339 e. The second kappa shape index (κ2) is 10.0.